The molecule has 0 fully saturated rings. The molecule has 0 radical (unpaired) electrons. The molecule has 0 spiro atoms. The Balaban J connectivity index is 1.25. The highest BCUT2D eigenvalue weighted by molar-refractivity contribution is 7.00. The normalized spacial score (nSPS) is 21.3. The highest BCUT2D eigenvalue weighted by Crippen LogP contribution is 2.65. The van der Waals surface area contributed by atoms with Crippen molar-refractivity contribution in [1.29, 1.82) is 0 Å². The first kappa shape index (κ1) is 47.0. The molecule has 3 aliphatic heterocycles. The Morgan fingerprint density at radius 3 is 1.62 bits per heavy atom. The van der Waals surface area contributed by atoms with Crippen LogP contribution in [-0.2, 0) is 44.4 Å². The van der Waals surface area contributed by atoms with Crippen molar-refractivity contribution >= 4 is 68.6 Å². The largest absolute Gasteiger partial charge is 0.330 e. The Kier molecular flexibility index (Phi) is 9.98. The van der Waals surface area contributed by atoms with E-state index in [4.69, 9.17) is 0 Å². The van der Waals surface area contributed by atoms with Crippen molar-refractivity contribution < 1.29 is 0 Å². The quantitative estimate of drug-likeness (QED) is 0.163. The molecule has 72 heavy (non-hydrogen) atoms. The number of aryl methyl sites for hydroxylation is 1. The second-order valence-electron chi connectivity index (χ2n) is 27.3. The fraction of sp³-hybridized carbons (Fsp3) is 0.382. The van der Waals surface area contributed by atoms with Crippen molar-refractivity contribution in [1.82, 2.24) is 0 Å². The highest BCUT2D eigenvalue weighted by atomic mass is 15.3. The van der Waals surface area contributed by atoms with E-state index >= 15 is 0 Å². The molecule has 3 heterocycles. The summed E-state index contributed by atoms with van der Waals surface area (Å²) in [5.41, 5.74) is 25.1. The fourth-order valence-corrected chi connectivity index (χ4v) is 14.1. The predicted molar refractivity (Wildman–Crippen MR) is 310 cm³/mol. The molecule has 2 aliphatic carbocycles. The van der Waals surface area contributed by atoms with Gasteiger partial charge in [-0.25, -0.2) is 0 Å². The van der Waals surface area contributed by atoms with Gasteiger partial charge in [0.1, 0.15) is 0 Å². The van der Waals surface area contributed by atoms with Crippen LogP contribution in [0.4, 0.5) is 45.5 Å². The zero-order valence-corrected chi connectivity index (χ0v) is 46.0. The summed E-state index contributed by atoms with van der Waals surface area (Å²) >= 11 is 0. The molecule has 2 unspecified atom stereocenters. The summed E-state index contributed by atoms with van der Waals surface area (Å²) in [5.74, 6) is 0. The van der Waals surface area contributed by atoms with Gasteiger partial charge in [0.2, 0.25) is 0 Å². The SMILES string of the molecule is CC(C)(C)c1cccc(N2c3cc(C(C)(C)C)ccc3B3c4cc5c(cc4N(c4ccccc4)c4cc(N6c7ccc(C(C)(C)C)cc7C7(C)CCc8ccccc8C67C)cc2c43)C(C)(C)CCC5(C)C)c1. The minimum absolute atomic E-state index is 0.00712. The summed E-state index contributed by atoms with van der Waals surface area (Å²) in [6.45, 7) is 36.3. The highest BCUT2D eigenvalue weighted by Gasteiger charge is 2.60. The van der Waals surface area contributed by atoms with Crippen LogP contribution in [0.1, 0.15) is 168 Å². The molecule has 0 saturated heterocycles. The summed E-state index contributed by atoms with van der Waals surface area (Å²) in [4.78, 5) is 8.15. The van der Waals surface area contributed by atoms with E-state index in [1.54, 1.807) is 0 Å². The Morgan fingerprint density at radius 2 is 0.958 bits per heavy atom. The van der Waals surface area contributed by atoms with Gasteiger partial charge in [0.15, 0.2) is 0 Å². The molecule has 12 rings (SSSR count). The van der Waals surface area contributed by atoms with Crippen LogP contribution in [0.25, 0.3) is 0 Å². The number of hydrogen-bond donors (Lipinski definition) is 0. The van der Waals surface area contributed by atoms with E-state index < -0.39 is 0 Å². The minimum atomic E-state index is -0.386. The Bertz CT molecular complexity index is 3370. The van der Waals surface area contributed by atoms with Gasteiger partial charge in [0.25, 0.3) is 6.71 Å². The first-order chi connectivity index (χ1) is 33.8. The Morgan fingerprint density at radius 1 is 0.403 bits per heavy atom. The van der Waals surface area contributed by atoms with Crippen molar-refractivity contribution in [3.63, 3.8) is 0 Å². The third-order valence-electron chi connectivity index (χ3n) is 18.8. The molecule has 7 aromatic carbocycles. The summed E-state index contributed by atoms with van der Waals surface area (Å²) < 4.78 is 0. The molecule has 0 aromatic heterocycles. The maximum atomic E-state index is 2.81. The lowest BCUT2D eigenvalue weighted by Gasteiger charge is -2.52. The van der Waals surface area contributed by atoms with Crippen LogP contribution in [-0.4, -0.2) is 6.71 Å². The number of nitrogens with zero attached hydrogens (tertiary/aromatic N) is 3. The lowest BCUT2D eigenvalue weighted by molar-refractivity contribution is 0.245. The lowest BCUT2D eigenvalue weighted by Crippen LogP contribution is -2.62. The predicted octanol–water partition coefficient (Wildman–Crippen LogP) is 16.3. The number of fused-ring (bicyclic) bond motifs is 10. The number of hydrogen-bond acceptors (Lipinski definition) is 3. The number of rotatable bonds is 3. The second kappa shape index (κ2) is 15.3. The van der Waals surface area contributed by atoms with Crippen molar-refractivity contribution in [3.8, 4) is 0 Å². The fourth-order valence-electron chi connectivity index (χ4n) is 14.1. The first-order valence-corrected chi connectivity index (χ1v) is 27.1. The van der Waals surface area contributed by atoms with E-state index in [1.165, 1.54) is 113 Å². The average Bonchev–Trinajstić information content (AvgIpc) is 3.54. The van der Waals surface area contributed by atoms with Crippen LogP contribution in [0.2, 0.25) is 0 Å². The van der Waals surface area contributed by atoms with E-state index in [0.717, 1.165) is 19.3 Å². The average molecular weight is 946 g/mol. The zero-order chi connectivity index (χ0) is 50.9. The lowest BCUT2D eigenvalue weighted by atomic mass is 9.33. The topological polar surface area (TPSA) is 9.72 Å². The second-order valence-corrected chi connectivity index (χ2v) is 27.3. The summed E-state index contributed by atoms with van der Waals surface area (Å²) in [5, 5.41) is 0. The zero-order valence-electron chi connectivity index (χ0n) is 46.0. The van der Waals surface area contributed by atoms with Crippen LogP contribution in [0.5, 0.6) is 0 Å². The van der Waals surface area contributed by atoms with Crippen molar-refractivity contribution in [2.45, 2.75) is 168 Å². The van der Waals surface area contributed by atoms with E-state index in [2.05, 4.69) is 258 Å². The van der Waals surface area contributed by atoms with E-state index in [9.17, 15) is 0 Å². The van der Waals surface area contributed by atoms with Gasteiger partial charge < -0.3 is 14.7 Å². The number of benzene rings is 7. The van der Waals surface area contributed by atoms with Crippen LogP contribution >= 0.6 is 0 Å². The van der Waals surface area contributed by atoms with Gasteiger partial charge in [-0.15, -0.1) is 0 Å². The molecular weight excluding hydrogens is 870 g/mol. The van der Waals surface area contributed by atoms with Crippen LogP contribution in [0.3, 0.4) is 0 Å². The van der Waals surface area contributed by atoms with Crippen LogP contribution in [0, 0.1) is 0 Å². The van der Waals surface area contributed by atoms with Gasteiger partial charge in [0.05, 0.1) is 5.54 Å². The number of anilines is 8. The summed E-state index contributed by atoms with van der Waals surface area (Å²) in [7, 11) is 0. The monoisotopic (exact) mass is 946 g/mol. The summed E-state index contributed by atoms with van der Waals surface area (Å²) in [6.07, 6.45) is 4.47. The minimum Gasteiger partial charge on any atom is -0.330 e. The van der Waals surface area contributed by atoms with Gasteiger partial charge in [-0.1, -0.05) is 182 Å². The molecule has 4 heteroatoms. The smallest absolute Gasteiger partial charge is 0.252 e. The third-order valence-corrected chi connectivity index (χ3v) is 18.8. The van der Waals surface area contributed by atoms with Crippen molar-refractivity contribution in [2.75, 3.05) is 14.7 Å². The van der Waals surface area contributed by atoms with E-state index in [1.807, 2.05) is 0 Å². The Labute approximate surface area is 432 Å². The van der Waals surface area contributed by atoms with Gasteiger partial charge >= 0.3 is 0 Å². The molecule has 5 aliphatic rings. The molecule has 0 bridgehead atoms. The van der Waals surface area contributed by atoms with E-state index in [-0.39, 0.29) is 44.7 Å². The standard InChI is InChI=1S/C68H76BN3/c1-62(2,3)44-23-21-26-48(36-44)71-57-38-46(64(7,8)9)28-30-54(57)69-55-41-51-52(66(12,13)35-34-65(51,10)11)42-58(55)70(47-24-17-16-18-25-47)59-39-49(40-60(71)61(59)69)72-56-31-29-45(63(4,5)6)37-53(56)67(14)33-32-43-22-19-20-27-50(43)68(67,72)15/h16-31,36-42H,32-35H2,1-15H3. The molecular formula is C68H76BN3. The van der Waals surface area contributed by atoms with Gasteiger partial charge in [0, 0.05) is 50.9 Å². The molecule has 3 nitrogen and oxygen atoms in total. The van der Waals surface area contributed by atoms with Gasteiger partial charge in [-0.05, 0) is 175 Å². The van der Waals surface area contributed by atoms with Gasteiger partial charge in [-0.2, -0.15) is 0 Å². The molecule has 2 atom stereocenters. The molecule has 0 saturated carbocycles. The maximum Gasteiger partial charge on any atom is 0.252 e. The Hall–Kier alpha value is -6.00. The molecule has 0 amide bonds. The van der Waals surface area contributed by atoms with Crippen LogP contribution in [0.15, 0.2) is 140 Å². The van der Waals surface area contributed by atoms with E-state index in [0.29, 0.717) is 0 Å². The first-order valence-electron chi connectivity index (χ1n) is 27.1. The van der Waals surface area contributed by atoms with Crippen LogP contribution < -0.4 is 31.1 Å². The van der Waals surface area contributed by atoms with Gasteiger partial charge in [-0.3, -0.25) is 0 Å². The van der Waals surface area contributed by atoms with Crippen molar-refractivity contribution in [3.05, 3.63) is 184 Å². The number of para-hydroxylation sites is 1. The molecule has 7 aromatic rings. The van der Waals surface area contributed by atoms with Crippen molar-refractivity contribution in [2.24, 2.45) is 0 Å². The molecule has 0 N–H and O–H groups in total. The third kappa shape index (κ3) is 6.68. The maximum absolute atomic E-state index is 2.81. The summed E-state index contributed by atoms with van der Waals surface area (Å²) in [6, 6.07) is 55.7. The molecule has 366 valence electrons.